The van der Waals surface area contributed by atoms with Gasteiger partial charge in [0.2, 0.25) is 5.91 Å². The lowest BCUT2D eigenvalue weighted by molar-refractivity contribution is -0.117. The van der Waals surface area contributed by atoms with E-state index in [-0.39, 0.29) is 5.91 Å². The molecule has 4 rings (SSSR count). The smallest absolute Gasteiger partial charge is 0.239 e. The molecule has 2 aromatic rings. The summed E-state index contributed by atoms with van der Waals surface area (Å²) in [4.78, 5) is 18.4. The zero-order valence-corrected chi connectivity index (χ0v) is 18.0. The zero-order chi connectivity index (χ0) is 20.2. The van der Waals surface area contributed by atoms with Crippen LogP contribution >= 0.6 is 22.9 Å². The highest BCUT2D eigenvalue weighted by Crippen LogP contribution is 2.37. The largest absolute Gasteiger partial charge is 0.369 e. The number of hydrogen-bond acceptors (Lipinski definition) is 5. The molecule has 7 heteroatoms. The predicted molar refractivity (Wildman–Crippen MR) is 119 cm³/mol. The van der Waals surface area contributed by atoms with E-state index in [1.807, 2.05) is 18.2 Å². The number of nitrogens with zero attached hydrogens (tertiary/aromatic N) is 3. The minimum Gasteiger partial charge on any atom is -0.369 e. The van der Waals surface area contributed by atoms with Gasteiger partial charge in [0.25, 0.3) is 0 Å². The van der Waals surface area contributed by atoms with Gasteiger partial charge in [-0.2, -0.15) is 5.26 Å². The second kappa shape index (κ2) is 9.17. The fourth-order valence-corrected chi connectivity index (χ4v) is 5.60. The van der Waals surface area contributed by atoms with Crippen LogP contribution in [0.4, 0.5) is 10.7 Å². The number of benzene rings is 1. The Morgan fingerprint density at radius 2 is 1.97 bits per heavy atom. The molecule has 1 aliphatic heterocycles. The summed E-state index contributed by atoms with van der Waals surface area (Å²) in [5.74, 6) is -0.0332. The molecule has 0 saturated carbocycles. The molecule has 0 spiro atoms. The van der Waals surface area contributed by atoms with Crippen molar-refractivity contribution in [2.45, 2.75) is 32.1 Å². The van der Waals surface area contributed by atoms with Crippen LogP contribution in [0, 0.1) is 11.3 Å². The molecule has 1 aromatic heterocycles. The van der Waals surface area contributed by atoms with Crippen LogP contribution in [0.3, 0.4) is 0 Å². The lowest BCUT2D eigenvalue weighted by Gasteiger charge is -2.35. The maximum Gasteiger partial charge on any atom is 0.239 e. The van der Waals surface area contributed by atoms with E-state index >= 15 is 0 Å². The normalized spacial score (nSPS) is 17.3. The predicted octanol–water partition coefficient (Wildman–Crippen LogP) is 4.30. The average molecular weight is 429 g/mol. The Labute approximate surface area is 180 Å². The van der Waals surface area contributed by atoms with Crippen molar-refractivity contribution in [2.24, 2.45) is 0 Å². The Hall–Kier alpha value is -2.07. The first-order valence-corrected chi connectivity index (χ1v) is 11.4. The highest BCUT2D eigenvalue weighted by atomic mass is 35.5. The fraction of sp³-hybridized carbons (Fsp3) is 0.455. The van der Waals surface area contributed by atoms with Crippen molar-refractivity contribution >= 4 is 39.5 Å². The van der Waals surface area contributed by atoms with Gasteiger partial charge in [0.15, 0.2) is 0 Å². The maximum atomic E-state index is 12.6. The van der Waals surface area contributed by atoms with Gasteiger partial charge in [0.05, 0.1) is 12.1 Å². The Morgan fingerprint density at radius 3 is 2.72 bits per heavy atom. The molecule has 1 N–H and O–H groups in total. The number of nitriles is 1. The number of rotatable bonds is 4. The standard InChI is InChI=1S/C22H25ClN4OS/c23-16-5-4-6-17(13-16)27-11-9-26(10-12-27)15-21(28)25-22-19(14-24)18-7-2-1-3-8-20(18)29-22/h4-6,13H,1-3,7-12,15H2,(H,25,28). The summed E-state index contributed by atoms with van der Waals surface area (Å²) in [7, 11) is 0. The van der Waals surface area contributed by atoms with Gasteiger partial charge in [-0.1, -0.05) is 24.1 Å². The number of anilines is 2. The van der Waals surface area contributed by atoms with Crippen molar-refractivity contribution in [3.05, 3.63) is 45.3 Å². The Kier molecular flexibility index (Phi) is 6.39. The fourth-order valence-electron chi connectivity index (χ4n) is 4.16. The molecular formula is C22H25ClN4OS. The van der Waals surface area contributed by atoms with E-state index in [1.54, 1.807) is 11.3 Å². The Bertz CT molecular complexity index is 927. The van der Waals surface area contributed by atoms with Gasteiger partial charge in [-0.05, 0) is 49.4 Å². The summed E-state index contributed by atoms with van der Waals surface area (Å²) >= 11 is 7.69. The van der Waals surface area contributed by atoms with Crippen molar-refractivity contribution in [2.75, 3.05) is 42.9 Å². The average Bonchev–Trinajstić information content (AvgIpc) is 2.87. The molecule has 2 aliphatic rings. The van der Waals surface area contributed by atoms with Crippen LogP contribution in [0.5, 0.6) is 0 Å². The van der Waals surface area contributed by atoms with Crippen molar-refractivity contribution in [1.29, 1.82) is 5.26 Å². The van der Waals surface area contributed by atoms with Crippen LogP contribution in [-0.2, 0) is 17.6 Å². The summed E-state index contributed by atoms with van der Waals surface area (Å²) in [6, 6.07) is 10.2. The van der Waals surface area contributed by atoms with Gasteiger partial charge in [0, 0.05) is 41.8 Å². The van der Waals surface area contributed by atoms with Gasteiger partial charge < -0.3 is 10.2 Å². The van der Waals surface area contributed by atoms with Crippen LogP contribution in [-0.4, -0.2) is 43.5 Å². The number of aryl methyl sites for hydroxylation is 1. The van der Waals surface area contributed by atoms with E-state index in [0.717, 1.165) is 61.2 Å². The zero-order valence-electron chi connectivity index (χ0n) is 16.4. The first kappa shape index (κ1) is 20.2. The minimum absolute atomic E-state index is 0.0332. The molecule has 0 atom stereocenters. The second-order valence-corrected chi connectivity index (χ2v) is 9.21. The number of carbonyl (C=O) groups excluding carboxylic acids is 1. The van der Waals surface area contributed by atoms with Gasteiger partial charge >= 0.3 is 0 Å². The van der Waals surface area contributed by atoms with E-state index in [4.69, 9.17) is 11.6 Å². The van der Waals surface area contributed by atoms with Crippen LogP contribution < -0.4 is 10.2 Å². The molecule has 1 saturated heterocycles. The number of thiophene rings is 1. The van der Waals surface area contributed by atoms with Gasteiger partial charge in [-0.15, -0.1) is 11.3 Å². The number of fused-ring (bicyclic) bond motifs is 1. The van der Waals surface area contributed by atoms with Crippen molar-refractivity contribution < 1.29 is 4.79 Å². The SMILES string of the molecule is N#Cc1c(NC(=O)CN2CCN(c3cccc(Cl)c3)CC2)sc2c1CCCCC2. The lowest BCUT2D eigenvalue weighted by atomic mass is 10.1. The molecule has 1 aromatic carbocycles. The van der Waals surface area contributed by atoms with Crippen LogP contribution in [0.2, 0.25) is 5.02 Å². The third-order valence-electron chi connectivity index (χ3n) is 5.70. The van der Waals surface area contributed by atoms with Crippen LogP contribution in [0.25, 0.3) is 0 Å². The molecule has 0 radical (unpaired) electrons. The number of nitrogens with one attached hydrogen (secondary N) is 1. The molecule has 0 unspecified atom stereocenters. The Morgan fingerprint density at radius 1 is 1.17 bits per heavy atom. The first-order chi connectivity index (χ1) is 14.1. The molecular weight excluding hydrogens is 404 g/mol. The molecule has 1 aliphatic carbocycles. The summed E-state index contributed by atoms with van der Waals surface area (Å²) in [6.45, 7) is 3.74. The van der Waals surface area contributed by atoms with E-state index in [2.05, 4.69) is 27.3 Å². The molecule has 0 bridgehead atoms. The molecule has 29 heavy (non-hydrogen) atoms. The maximum absolute atomic E-state index is 12.6. The third-order valence-corrected chi connectivity index (χ3v) is 7.14. The quantitative estimate of drug-likeness (QED) is 0.737. The topological polar surface area (TPSA) is 59.4 Å². The number of halogens is 1. The van der Waals surface area contributed by atoms with Gasteiger partial charge in [-0.3, -0.25) is 9.69 Å². The molecule has 2 heterocycles. The third kappa shape index (κ3) is 4.75. The van der Waals surface area contributed by atoms with E-state index in [0.29, 0.717) is 12.1 Å². The molecule has 1 fully saturated rings. The van der Waals surface area contributed by atoms with Gasteiger partial charge in [-0.25, -0.2) is 0 Å². The number of hydrogen-bond donors (Lipinski definition) is 1. The molecule has 152 valence electrons. The van der Waals surface area contributed by atoms with Crippen molar-refractivity contribution in [3.63, 3.8) is 0 Å². The van der Waals surface area contributed by atoms with E-state index in [1.165, 1.54) is 23.3 Å². The van der Waals surface area contributed by atoms with E-state index < -0.39 is 0 Å². The van der Waals surface area contributed by atoms with Crippen molar-refractivity contribution in [3.8, 4) is 6.07 Å². The number of piperazine rings is 1. The van der Waals surface area contributed by atoms with Crippen LogP contribution in [0.1, 0.15) is 35.3 Å². The lowest BCUT2D eigenvalue weighted by Crippen LogP contribution is -2.48. The summed E-state index contributed by atoms with van der Waals surface area (Å²) in [6.07, 6.45) is 5.49. The minimum atomic E-state index is -0.0332. The molecule has 1 amide bonds. The first-order valence-electron chi connectivity index (χ1n) is 10.2. The summed E-state index contributed by atoms with van der Waals surface area (Å²) < 4.78 is 0. The summed E-state index contributed by atoms with van der Waals surface area (Å²) in [5.41, 5.74) is 2.98. The highest BCUT2D eigenvalue weighted by Gasteiger charge is 2.23. The number of amides is 1. The van der Waals surface area contributed by atoms with Crippen molar-refractivity contribution in [1.82, 2.24) is 4.90 Å². The summed E-state index contributed by atoms with van der Waals surface area (Å²) in [5, 5.41) is 14.1. The Balaban J connectivity index is 1.34. The van der Waals surface area contributed by atoms with E-state index in [9.17, 15) is 10.1 Å². The number of carbonyl (C=O) groups is 1. The molecule has 5 nitrogen and oxygen atoms in total. The van der Waals surface area contributed by atoms with Crippen LogP contribution in [0.15, 0.2) is 24.3 Å². The second-order valence-electron chi connectivity index (χ2n) is 7.67. The highest BCUT2D eigenvalue weighted by molar-refractivity contribution is 7.16. The van der Waals surface area contributed by atoms with Gasteiger partial charge in [0.1, 0.15) is 11.1 Å². The monoisotopic (exact) mass is 428 g/mol.